The van der Waals surface area contributed by atoms with Crippen molar-refractivity contribution < 1.29 is 52.8 Å². The smallest absolute Gasteiger partial charge is 0.0751 e. The molecule has 45 heavy (non-hydrogen) atoms. The number of fused-ring (bicyclic) bond motifs is 3. The average Bonchev–Trinajstić information content (AvgIpc) is 3.05. The van der Waals surface area contributed by atoms with Crippen molar-refractivity contribution in [2.24, 2.45) is 0 Å². The van der Waals surface area contributed by atoms with Crippen LogP contribution in [0.5, 0.6) is 0 Å². The van der Waals surface area contributed by atoms with E-state index in [1.807, 2.05) is 66.9 Å². The molecule has 0 aliphatic heterocycles. The van der Waals surface area contributed by atoms with Gasteiger partial charge >= 0.3 is 0 Å². The minimum Gasteiger partial charge on any atom is -0.352 e. The Morgan fingerprint density at radius 2 is 1.40 bits per heavy atom. The van der Waals surface area contributed by atoms with Crippen LogP contribution in [0.1, 0.15) is 26.5 Å². The molecule has 5 aromatic carbocycles. The molecule has 0 spiro atoms. The first-order valence-corrected chi connectivity index (χ1v) is 14.0. The maximum atomic E-state index is 4.57. The predicted octanol–water partition coefficient (Wildman–Crippen LogP) is 8.98. The number of aromatic nitrogens is 3. The van der Waals surface area contributed by atoms with E-state index in [1.54, 1.807) is 6.20 Å². The molecule has 0 aliphatic rings. The number of pyridine rings is 1. The van der Waals surface area contributed by atoms with Gasteiger partial charge in [-0.25, -0.2) is 6.07 Å². The van der Waals surface area contributed by atoms with E-state index in [0.717, 1.165) is 39.5 Å². The van der Waals surface area contributed by atoms with Crippen LogP contribution < -0.4 is 0 Å². The van der Waals surface area contributed by atoms with Gasteiger partial charge in [0.15, 0.2) is 0 Å². The number of rotatable bonds is 3. The summed E-state index contributed by atoms with van der Waals surface area (Å²) in [5.74, 6) is 0.744. The predicted molar refractivity (Wildman–Crippen MR) is 177 cm³/mol. The van der Waals surface area contributed by atoms with Gasteiger partial charge in [-0.05, 0) is 22.9 Å². The number of benzene rings is 5. The van der Waals surface area contributed by atoms with Crippen molar-refractivity contribution in [1.29, 1.82) is 0 Å². The molecule has 7 rings (SSSR count). The molecule has 0 bridgehead atoms. The fourth-order valence-electron chi connectivity index (χ4n) is 4.76. The Labute approximate surface area is 306 Å². The maximum absolute atomic E-state index is 4.57. The van der Waals surface area contributed by atoms with Gasteiger partial charge in [-0.3, -0.25) is 33.2 Å². The number of hydrogen-bond donors (Lipinski definition) is 0. The molecule has 3 nitrogen and oxygen atoms in total. The molecular formula is C39H29BIrN3Y-4. The van der Waals surface area contributed by atoms with Crippen molar-refractivity contribution in [2.75, 3.05) is 0 Å². The number of nitrogens with zero attached hydrogens (tertiary/aromatic N) is 3. The zero-order valence-corrected chi connectivity index (χ0v) is 30.6. The van der Waals surface area contributed by atoms with E-state index in [1.165, 1.54) is 21.5 Å². The van der Waals surface area contributed by atoms with E-state index in [4.69, 9.17) is 0 Å². The first kappa shape index (κ1) is 36.1. The van der Waals surface area contributed by atoms with Crippen LogP contribution in [-0.4, -0.2) is 23.4 Å². The first-order valence-electron chi connectivity index (χ1n) is 14.0. The molecule has 7 aromatic rings. The molecule has 0 aliphatic carbocycles. The third-order valence-corrected chi connectivity index (χ3v) is 7.00. The summed E-state index contributed by atoms with van der Waals surface area (Å²) in [5.41, 5.74) is 5.81. The summed E-state index contributed by atoms with van der Waals surface area (Å²) in [7, 11) is 0. The van der Waals surface area contributed by atoms with Crippen LogP contribution in [0, 0.1) is 24.3 Å². The summed E-state index contributed by atoms with van der Waals surface area (Å²) in [6.45, 7) is 6.44. The van der Waals surface area contributed by atoms with Crippen molar-refractivity contribution in [1.82, 2.24) is 15.0 Å². The van der Waals surface area contributed by atoms with Crippen molar-refractivity contribution in [3.8, 4) is 33.8 Å². The molecule has 2 aromatic heterocycles. The molecular weight excluding hydrogens is 802 g/mol. The summed E-state index contributed by atoms with van der Waals surface area (Å²) < 4.78 is 0. The van der Waals surface area contributed by atoms with Gasteiger partial charge in [0, 0.05) is 84.7 Å². The van der Waals surface area contributed by atoms with Crippen LogP contribution in [0.3, 0.4) is 0 Å². The maximum Gasteiger partial charge on any atom is 0.0751 e. The quantitative estimate of drug-likeness (QED) is 0.102. The van der Waals surface area contributed by atoms with E-state index in [0.29, 0.717) is 0 Å². The van der Waals surface area contributed by atoms with Gasteiger partial charge in [-0.1, -0.05) is 79.7 Å². The average molecular weight is 832 g/mol. The van der Waals surface area contributed by atoms with E-state index >= 15 is 0 Å². The Balaban J connectivity index is 0.000000254. The van der Waals surface area contributed by atoms with E-state index in [-0.39, 0.29) is 66.6 Å². The standard InChI is InChI=1S/C25H14N.C14H15N2.B.Ir.Y/c1-2-9-23-18(6-1)11-12-19-13-14-21(17-24(19)23)20-7-5-8-22(16-20)25-10-3-4-15-26-25;1-14(2,3)12-9-10-15-13(16-12)11-7-5-4-6-8-11;;;/h1-7,9-13,15,17H;4-7,9-10H,1-3H3;;;/q-3;-1;;;. The SMILES string of the molecule is CC(C)(C)c1ccnc(-c2[c-]cccc2)n1.[B].[Ir].[Y].[c-]1ccc(-c2[c-]cc3ccc4ccccc4c3c2)[c-]c1-c1ccccn1. The zero-order valence-electron chi connectivity index (χ0n) is 25.4. The molecule has 0 N–H and O–H groups in total. The minimum atomic E-state index is 0. The minimum absolute atomic E-state index is 0. The van der Waals surface area contributed by atoms with Crippen LogP contribution in [-0.2, 0) is 58.2 Å². The van der Waals surface area contributed by atoms with Crippen molar-refractivity contribution >= 4 is 30.0 Å². The summed E-state index contributed by atoms with van der Waals surface area (Å²) in [5, 5.41) is 4.93. The van der Waals surface area contributed by atoms with Gasteiger partial charge in [0.25, 0.3) is 0 Å². The third kappa shape index (κ3) is 8.69. The Kier molecular flexibility index (Phi) is 13.1. The van der Waals surface area contributed by atoms with Gasteiger partial charge in [0.2, 0.25) is 0 Å². The Hall–Kier alpha value is -3.33. The largest absolute Gasteiger partial charge is 0.352 e. The second kappa shape index (κ2) is 16.3. The third-order valence-electron chi connectivity index (χ3n) is 7.00. The normalized spacial score (nSPS) is 10.5. The van der Waals surface area contributed by atoms with Crippen LogP contribution >= 0.6 is 0 Å². The van der Waals surface area contributed by atoms with E-state index < -0.39 is 0 Å². The van der Waals surface area contributed by atoms with Crippen molar-refractivity contribution in [3.05, 3.63) is 152 Å². The Morgan fingerprint density at radius 1 is 0.622 bits per heavy atom. The summed E-state index contributed by atoms with van der Waals surface area (Å²) in [6.07, 6.45) is 3.60. The number of hydrogen-bond acceptors (Lipinski definition) is 3. The summed E-state index contributed by atoms with van der Waals surface area (Å²) >= 11 is 0. The Morgan fingerprint density at radius 3 is 2.16 bits per heavy atom. The van der Waals surface area contributed by atoms with Gasteiger partial charge in [-0.15, -0.1) is 60.2 Å². The van der Waals surface area contributed by atoms with Crippen LogP contribution in [0.15, 0.2) is 122 Å². The van der Waals surface area contributed by atoms with Gasteiger partial charge in [0.05, 0.1) is 5.82 Å². The molecule has 0 atom stereocenters. The van der Waals surface area contributed by atoms with Crippen LogP contribution in [0.4, 0.5) is 0 Å². The fourth-order valence-corrected chi connectivity index (χ4v) is 4.76. The fraction of sp³-hybridized carbons (Fsp3) is 0.103. The Bertz CT molecular complexity index is 1980. The second-order valence-corrected chi connectivity index (χ2v) is 11.0. The zero-order chi connectivity index (χ0) is 28.9. The molecule has 0 saturated heterocycles. The molecule has 219 valence electrons. The van der Waals surface area contributed by atoms with Gasteiger partial charge in [-0.2, -0.15) is 5.56 Å². The molecule has 0 unspecified atom stereocenters. The van der Waals surface area contributed by atoms with Crippen LogP contribution in [0.2, 0.25) is 0 Å². The monoisotopic (exact) mass is 832 g/mol. The molecule has 0 fully saturated rings. The molecule has 5 radical (unpaired) electrons. The first-order chi connectivity index (χ1) is 20.5. The van der Waals surface area contributed by atoms with E-state index in [2.05, 4.69) is 109 Å². The summed E-state index contributed by atoms with van der Waals surface area (Å²) in [4.78, 5) is 13.3. The molecule has 2 heterocycles. The summed E-state index contributed by atoms with van der Waals surface area (Å²) in [6, 6.07) is 49.8. The van der Waals surface area contributed by atoms with Crippen LogP contribution in [0.25, 0.3) is 55.3 Å². The molecule has 0 saturated carbocycles. The van der Waals surface area contributed by atoms with Crippen molar-refractivity contribution in [3.63, 3.8) is 0 Å². The van der Waals surface area contributed by atoms with E-state index in [9.17, 15) is 0 Å². The van der Waals surface area contributed by atoms with Crippen molar-refractivity contribution in [2.45, 2.75) is 26.2 Å². The topological polar surface area (TPSA) is 38.7 Å². The van der Waals surface area contributed by atoms with Gasteiger partial charge in [0.1, 0.15) is 0 Å². The molecule has 0 amide bonds. The molecule has 6 heteroatoms. The van der Waals surface area contributed by atoms with Gasteiger partial charge < -0.3 is 11.1 Å². The second-order valence-electron chi connectivity index (χ2n) is 11.0.